The van der Waals surface area contributed by atoms with Crippen molar-refractivity contribution in [3.63, 3.8) is 0 Å². The highest BCUT2D eigenvalue weighted by Crippen LogP contribution is 2.18. The number of aryl methyl sites for hydroxylation is 2. The molecule has 0 fully saturated rings. The minimum atomic E-state index is -0.145. The third-order valence-electron chi connectivity index (χ3n) is 5.34. The number of amides is 1. The summed E-state index contributed by atoms with van der Waals surface area (Å²) in [6.45, 7) is 3.50. The van der Waals surface area contributed by atoms with Crippen LogP contribution in [0.15, 0.2) is 51.7 Å². The number of carbonyl (C=O) groups excluding carboxylic acids is 1. The van der Waals surface area contributed by atoms with E-state index in [-0.39, 0.29) is 17.5 Å². The molecule has 1 amide bonds. The quantitative estimate of drug-likeness (QED) is 0.645. The maximum absolute atomic E-state index is 12.7. The average molecular weight is 410 g/mol. The minimum absolute atomic E-state index is 0.00797. The molecule has 0 saturated carbocycles. The number of carbonyl (C=O) groups is 1. The van der Waals surface area contributed by atoms with E-state index in [1.165, 1.54) is 4.68 Å². The first-order valence-electron chi connectivity index (χ1n) is 10.3. The van der Waals surface area contributed by atoms with Crippen LogP contribution in [0.5, 0.6) is 5.75 Å². The molecule has 1 atom stereocenters. The molecule has 1 aromatic carbocycles. The first-order valence-corrected chi connectivity index (χ1v) is 10.3. The van der Waals surface area contributed by atoms with Gasteiger partial charge in [0.25, 0.3) is 0 Å². The Balaban J connectivity index is 1.30. The van der Waals surface area contributed by atoms with Crippen molar-refractivity contribution in [2.45, 2.75) is 45.8 Å². The SMILES string of the molecule is Cc1ccc(CNC(=O)C2CCc3nn(CCOc4ccccc4)c(=O)n3CC2)o1. The van der Waals surface area contributed by atoms with Crippen LogP contribution in [-0.4, -0.2) is 26.9 Å². The summed E-state index contributed by atoms with van der Waals surface area (Å²) in [7, 11) is 0. The highest BCUT2D eigenvalue weighted by atomic mass is 16.5. The maximum Gasteiger partial charge on any atom is 0.346 e. The standard InChI is InChI=1S/C22H26N4O4/c1-16-7-9-19(30-16)15-23-21(27)17-8-10-20-24-26(22(28)25(20)12-11-17)13-14-29-18-5-3-2-4-6-18/h2-7,9,17H,8,10-15H2,1H3,(H,23,27). The van der Waals surface area contributed by atoms with Gasteiger partial charge in [-0.15, -0.1) is 0 Å². The molecule has 158 valence electrons. The van der Waals surface area contributed by atoms with Crippen molar-refractivity contribution in [2.75, 3.05) is 6.61 Å². The van der Waals surface area contributed by atoms with Crippen LogP contribution < -0.4 is 15.7 Å². The van der Waals surface area contributed by atoms with Gasteiger partial charge >= 0.3 is 5.69 Å². The fourth-order valence-corrected chi connectivity index (χ4v) is 3.70. The Labute approximate surface area is 174 Å². The van der Waals surface area contributed by atoms with E-state index < -0.39 is 0 Å². The molecule has 3 aromatic rings. The second-order valence-corrected chi connectivity index (χ2v) is 7.49. The van der Waals surface area contributed by atoms with Gasteiger partial charge in [0.05, 0.1) is 13.1 Å². The van der Waals surface area contributed by atoms with Gasteiger partial charge in [-0.05, 0) is 44.0 Å². The van der Waals surface area contributed by atoms with E-state index in [4.69, 9.17) is 9.15 Å². The minimum Gasteiger partial charge on any atom is -0.492 e. The number of furan rings is 1. The Morgan fingerprint density at radius 2 is 2.07 bits per heavy atom. The van der Waals surface area contributed by atoms with Crippen LogP contribution in [0.2, 0.25) is 0 Å². The van der Waals surface area contributed by atoms with Crippen LogP contribution in [0.3, 0.4) is 0 Å². The number of hydrogen-bond donors (Lipinski definition) is 1. The highest BCUT2D eigenvalue weighted by molar-refractivity contribution is 5.78. The van der Waals surface area contributed by atoms with Gasteiger partial charge in [-0.25, -0.2) is 9.48 Å². The molecule has 0 bridgehead atoms. The van der Waals surface area contributed by atoms with Crippen molar-refractivity contribution >= 4 is 5.91 Å². The number of para-hydroxylation sites is 1. The Hall–Kier alpha value is -3.29. The molecule has 8 nitrogen and oxygen atoms in total. The van der Waals surface area contributed by atoms with Gasteiger partial charge < -0.3 is 14.5 Å². The predicted octanol–water partition coefficient (Wildman–Crippen LogP) is 2.29. The van der Waals surface area contributed by atoms with E-state index in [1.54, 1.807) is 4.57 Å². The summed E-state index contributed by atoms with van der Waals surface area (Å²) < 4.78 is 14.3. The lowest BCUT2D eigenvalue weighted by Gasteiger charge is -2.13. The number of rotatable bonds is 7. The number of ether oxygens (including phenoxy) is 1. The van der Waals surface area contributed by atoms with Crippen LogP contribution in [0.4, 0.5) is 0 Å². The molecule has 1 aliphatic rings. The van der Waals surface area contributed by atoms with Crippen molar-refractivity contribution in [3.8, 4) is 5.75 Å². The molecular weight excluding hydrogens is 384 g/mol. The molecule has 2 aromatic heterocycles. The molecule has 1 unspecified atom stereocenters. The van der Waals surface area contributed by atoms with Crippen molar-refractivity contribution < 1.29 is 13.9 Å². The van der Waals surface area contributed by atoms with Crippen molar-refractivity contribution in [3.05, 3.63) is 70.3 Å². The monoisotopic (exact) mass is 410 g/mol. The number of fused-ring (bicyclic) bond motifs is 1. The lowest BCUT2D eigenvalue weighted by atomic mass is 9.99. The van der Waals surface area contributed by atoms with Gasteiger partial charge in [0.1, 0.15) is 29.7 Å². The molecule has 0 saturated heterocycles. The zero-order valence-electron chi connectivity index (χ0n) is 17.0. The summed E-state index contributed by atoms with van der Waals surface area (Å²) in [5, 5.41) is 7.41. The summed E-state index contributed by atoms with van der Waals surface area (Å²) in [5.74, 6) is 2.91. The van der Waals surface area contributed by atoms with Crippen LogP contribution in [0.25, 0.3) is 0 Å². The lowest BCUT2D eigenvalue weighted by Crippen LogP contribution is -2.31. The summed E-state index contributed by atoms with van der Waals surface area (Å²) in [6.07, 6.45) is 1.88. The number of nitrogens with one attached hydrogen (secondary N) is 1. The first-order chi connectivity index (χ1) is 14.6. The van der Waals surface area contributed by atoms with E-state index in [0.29, 0.717) is 45.5 Å². The number of nitrogens with zero attached hydrogens (tertiary/aromatic N) is 3. The predicted molar refractivity (Wildman–Crippen MR) is 110 cm³/mol. The molecule has 0 radical (unpaired) electrons. The average Bonchev–Trinajstić information content (AvgIpc) is 3.22. The number of aromatic nitrogens is 3. The molecule has 0 aliphatic carbocycles. The highest BCUT2D eigenvalue weighted by Gasteiger charge is 2.25. The van der Waals surface area contributed by atoms with E-state index in [9.17, 15) is 9.59 Å². The normalized spacial score (nSPS) is 16.0. The van der Waals surface area contributed by atoms with Gasteiger partial charge in [0.2, 0.25) is 5.91 Å². The Bertz CT molecular complexity index is 1050. The van der Waals surface area contributed by atoms with Gasteiger partial charge in [-0.2, -0.15) is 5.10 Å². The third kappa shape index (κ3) is 4.64. The zero-order valence-corrected chi connectivity index (χ0v) is 17.0. The van der Waals surface area contributed by atoms with Gasteiger partial charge in [0.15, 0.2) is 0 Å². The van der Waals surface area contributed by atoms with E-state index in [2.05, 4.69) is 10.4 Å². The summed E-state index contributed by atoms with van der Waals surface area (Å²) in [4.78, 5) is 25.2. The van der Waals surface area contributed by atoms with E-state index in [1.807, 2.05) is 49.4 Å². The van der Waals surface area contributed by atoms with Crippen LogP contribution in [-0.2, 0) is 30.8 Å². The molecule has 4 rings (SSSR count). The van der Waals surface area contributed by atoms with Crippen molar-refractivity contribution in [1.82, 2.24) is 19.7 Å². The number of benzene rings is 1. The molecule has 1 N–H and O–H groups in total. The zero-order chi connectivity index (χ0) is 20.9. The topological polar surface area (TPSA) is 91.3 Å². The fraction of sp³-hybridized carbons (Fsp3) is 0.409. The van der Waals surface area contributed by atoms with Gasteiger partial charge in [0, 0.05) is 18.9 Å². The Morgan fingerprint density at radius 1 is 1.23 bits per heavy atom. The Morgan fingerprint density at radius 3 is 2.83 bits per heavy atom. The third-order valence-corrected chi connectivity index (χ3v) is 5.34. The summed E-state index contributed by atoms with van der Waals surface area (Å²) in [5.41, 5.74) is -0.145. The largest absolute Gasteiger partial charge is 0.492 e. The van der Waals surface area contributed by atoms with Gasteiger partial charge in [-0.1, -0.05) is 18.2 Å². The lowest BCUT2D eigenvalue weighted by molar-refractivity contribution is -0.125. The van der Waals surface area contributed by atoms with Gasteiger partial charge in [-0.3, -0.25) is 9.36 Å². The Kier molecular flexibility index (Phi) is 6.02. The first kappa shape index (κ1) is 20.0. The number of hydrogen-bond acceptors (Lipinski definition) is 5. The molecule has 3 heterocycles. The molecule has 30 heavy (non-hydrogen) atoms. The molecular formula is C22H26N4O4. The maximum atomic E-state index is 12.7. The fourth-order valence-electron chi connectivity index (χ4n) is 3.70. The molecule has 1 aliphatic heterocycles. The van der Waals surface area contributed by atoms with E-state index in [0.717, 1.165) is 23.1 Å². The van der Waals surface area contributed by atoms with Crippen LogP contribution in [0, 0.1) is 12.8 Å². The second kappa shape index (κ2) is 9.02. The van der Waals surface area contributed by atoms with Crippen LogP contribution in [0.1, 0.15) is 30.2 Å². The van der Waals surface area contributed by atoms with Crippen molar-refractivity contribution in [1.29, 1.82) is 0 Å². The smallest absolute Gasteiger partial charge is 0.346 e. The van der Waals surface area contributed by atoms with E-state index >= 15 is 0 Å². The second-order valence-electron chi connectivity index (χ2n) is 7.49. The van der Waals surface area contributed by atoms with Crippen molar-refractivity contribution in [2.24, 2.45) is 5.92 Å². The molecule has 8 heteroatoms. The van der Waals surface area contributed by atoms with Crippen LogP contribution >= 0.6 is 0 Å². The summed E-state index contributed by atoms with van der Waals surface area (Å²) in [6, 6.07) is 13.2. The molecule has 0 spiro atoms. The summed E-state index contributed by atoms with van der Waals surface area (Å²) >= 11 is 0.